The van der Waals surface area contributed by atoms with Gasteiger partial charge < -0.3 is 19.9 Å². The molecule has 0 bridgehead atoms. The minimum Gasteiger partial charge on any atom is -0.454 e. The molecule has 2 amide bonds. The molecule has 2 heterocycles. The Morgan fingerprint density at radius 2 is 1.72 bits per heavy atom. The lowest BCUT2D eigenvalue weighted by Crippen LogP contribution is -2.51. The fraction of sp³-hybridized carbons (Fsp3) is 0.200. The molecule has 32 heavy (non-hydrogen) atoms. The molecular formula is C25H23ClN4O2. The van der Waals surface area contributed by atoms with Crippen LogP contribution in [0.5, 0.6) is 11.5 Å². The van der Waals surface area contributed by atoms with E-state index >= 15 is 0 Å². The van der Waals surface area contributed by atoms with Crippen molar-refractivity contribution in [3.63, 3.8) is 0 Å². The fourth-order valence-electron chi connectivity index (χ4n) is 3.93. The summed E-state index contributed by atoms with van der Waals surface area (Å²) in [5.41, 5.74) is 3.65. The summed E-state index contributed by atoms with van der Waals surface area (Å²) in [7, 11) is 0. The average Bonchev–Trinajstić information content (AvgIpc) is 2.97. The van der Waals surface area contributed by atoms with Crippen molar-refractivity contribution in [2.75, 3.05) is 31.5 Å². The molecule has 0 radical (unpaired) electrons. The molecule has 0 spiro atoms. The minimum atomic E-state index is -0.111. The zero-order valence-corrected chi connectivity index (χ0v) is 18.5. The Bertz CT molecular complexity index is 1180. The van der Waals surface area contributed by atoms with Crippen molar-refractivity contribution in [2.24, 2.45) is 4.99 Å². The number of aliphatic imine (C=N–C) groups is 1. The molecule has 2 aliphatic rings. The molecule has 0 aromatic heterocycles. The van der Waals surface area contributed by atoms with Crippen molar-refractivity contribution in [3.05, 3.63) is 82.9 Å². The van der Waals surface area contributed by atoms with Gasteiger partial charge in [-0.3, -0.25) is 0 Å². The predicted octanol–water partition coefficient (Wildman–Crippen LogP) is 5.68. The van der Waals surface area contributed by atoms with Crippen LogP contribution in [0, 0.1) is 6.92 Å². The number of nitrogens with one attached hydrogen (secondary N) is 1. The number of hydrogen-bond acceptors (Lipinski definition) is 4. The van der Waals surface area contributed by atoms with Crippen LogP contribution < -0.4 is 10.1 Å². The number of rotatable bonds is 1. The number of nitrogens with zero attached hydrogens (tertiary/aromatic N) is 3. The normalized spacial score (nSPS) is 15.1. The number of anilines is 1. The first-order valence-electron chi connectivity index (χ1n) is 10.6. The summed E-state index contributed by atoms with van der Waals surface area (Å²) in [5, 5.41) is 3.58. The number of urea groups is 1. The number of fused-ring (bicyclic) bond motifs is 2. The first-order valence-corrected chi connectivity index (χ1v) is 11.0. The number of aryl methyl sites for hydroxylation is 1. The van der Waals surface area contributed by atoms with Crippen LogP contribution in [-0.4, -0.2) is 47.8 Å². The summed E-state index contributed by atoms with van der Waals surface area (Å²) in [6.07, 6.45) is 0. The molecular weight excluding hydrogens is 424 g/mol. The minimum absolute atomic E-state index is 0.111. The van der Waals surface area contributed by atoms with E-state index in [1.54, 1.807) is 24.3 Å². The van der Waals surface area contributed by atoms with Gasteiger partial charge in [-0.25, -0.2) is 9.79 Å². The van der Waals surface area contributed by atoms with Crippen molar-refractivity contribution in [3.8, 4) is 11.5 Å². The van der Waals surface area contributed by atoms with Crippen molar-refractivity contribution in [1.82, 2.24) is 9.80 Å². The second kappa shape index (κ2) is 8.55. The molecule has 3 aromatic rings. The molecule has 0 atom stereocenters. The van der Waals surface area contributed by atoms with Gasteiger partial charge in [0.15, 0.2) is 5.75 Å². The first-order chi connectivity index (χ1) is 15.6. The quantitative estimate of drug-likeness (QED) is 0.523. The van der Waals surface area contributed by atoms with Crippen molar-refractivity contribution in [1.29, 1.82) is 0 Å². The van der Waals surface area contributed by atoms with Crippen LogP contribution >= 0.6 is 11.6 Å². The van der Waals surface area contributed by atoms with E-state index in [1.165, 1.54) is 0 Å². The summed E-state index contributed by atoms with van der Waals surface area (Å²) in [6.45, 7) is 4.63. The third kappa shape index (κ3) is 4.14. The summed E-state index contributed by atoms with van der Waals surface area (Å²) in [5.74, 6) is 2.42. The van der Waals surface area contributed by atoms with E-state index in [4.69, 9.17) is 21.3 Å². The van der Waals surface area contributed by atoms with Crippen LogP contribution in [0.3, 0.4) is 0 Å². The van der Waals surface area contributed by atoms with Crippen LogP contribution in [0.2, 0.25) is 5.02 Å². The fourth-order valence-corrected chi connectivity index (χ4v) is 4.06. The number of piperazine rings is 1. The maximum absolute atomic E-state index is 12.7. The second-order valence-corrected chi connectivity index (χ2v) is 8.35. The summed E-state index contributed by atoms with van der Waals surface area (Å²) in [4.78, 5) is 21.7. The molecule has 6 nitrogen and oxygen atoms in total. The van der Waals surface area contributed by atoms with E-state index in [0.29, 0.717) is 31.2 Å². The molecule has 0 saturated carbocycles. The monoisotopic (exact) mass is 446 g/mol. The van der Waals surface area contributed by atoms with Crippen LogP contribution in [0.1, 0.15) is 11.1 Å². The number of carbonyl (C=O) groups excluding carboxylic acids is 1. The SMILES string of the molecule is Cc1ccc2c(c1)C(N1CCN(C(=O)Nc3ccc(Cl)cc3)CC1)=Nc1ccccc1O2. The first kappa shape index (κ1) is 20.4. The Balaban J connectivity index is 1.35. The van der Waals surface area contributed by atoms with Gasteiger partial charge in [-0.2, -0.15) is 0 Å². The van der Waals surface area contributed by atoms with Crippen LogP contribution in [0.25, 0.3) is 0 Å². The second-order valence-electron chi connectivity index (χ2n) is 7.92. The lowest BCUT2D eigenvalue weighted by Gasteiger charge is -2.36. The van der Waals surface area contributed by atoms with E-state index in [2.05, 4.69) is 23.2 Å². The van der Waals surface area contributed by atoms with Gasteiger partial charge in [0, 0.05) is 36.9 Å². The molecule has 1 fully saturated rings. The largest absolute Gasteiger partial charge is 0.454 e. The number of ether oxygens (including phenoxy) is 1. The standard InChI is InChI=1S/C25H23ClN4O2/c1-17-6-11-22-20(16-17)24(28-21-4-2-3-5-23(21)32-22)29-12-14-30(15-13-29)25(31)27-19-9-7-18(26)8-10-19/h2-11,16H,12-15H2,1H3,(H,27,31). The zero-order chi connectivity index (χ0) is 22.1. The molecule has 1 saturated heterocycles. The zero-order valence-electron chi connectivity index (χ0n) is 17.7. The molecule has 5 rings (SSSR count). The van der Waals surface area contributed by atoms with Gasteiger partial charge in [-0.1, -0.05) is 35.4 Å². The van der Waals surface area contributed by atoms with Crippen LogP contribution in [0.15, 0.2) is 71.7 Å². The van der Waals surface area contributed by atoms with Gasteiger partial charge in [-0.05, 0) is 55.5 Å². The van der Waals surface area contributed by atoms with Crippen LogP contribution in [-0.2, 0) is 0 Å². The number of halogens is 1. The van der Waals surface area contributed by atoms with E-state index in [-0.39, 0.29) is 6.03 Å². The summed E-state index contributed by atoms with van der Waals surface area (Å²) in [6, 6.07) is 21.0. The molecule has 3 aromatic carbocycles. The summed E-state index contributed by atoms with van der Waals surface area (Å²) < 4.78 is 6.19. The Kier molecular flexibility index (Phi) is 5.45. The van der Waals surface area contributed by atoms with E-state index < -0.39 is 0 Å². The van der Waals surface area contributed by atoms with Gasteiger partial charge in [0.2, 0.25) is 0 Å². The topological polar surface area (TPSA) is 57.2 Å². The van der Waals surface area contributed by atoms with Crippen molar-refractivity contribution >= 4 is 34.8 Å². The Morgan fingerprint density at radius 1 is 0.969 bits per heavy atom. The number of carbonyl (C=O) groups is 1. The van der Waals surface area contributed by atoms with Gasteiger partial charge in [0.1, 0.15) is 17.3 Å². The van der Waals surface area contributed by atoms with Gasteiger partial charge >= 0.3 is 6.03 Å². The number of benzene rings is 3. The van der Waals surface area contributed by atoms with E-state index in [0.717, 1.165) is 39.8 Å². The molecule has 162 valence electrons. The van der Waals surface area contributed by atoms with Gasteiger partial charge in [0.25, 0.3) is 0 Å². The third-order valence-electron chi connectivity index (χ3n) is 5.65. The lowest BCUT2D eigenvalue weighted by atomic mass is 10.1. The van der Waals surface area contributed by atoms with Gasteiger partial charge in [0.05, 0.1) is 5.56 Å². The number of hydrogen-bond donors (Lipinski definition) is 1. The molecule has 0 aliphatic carbocycles. The highest BCUT2D eigenvalue weighted by atomic mass is 35.5. The Labute approximate surface area is 192 Å². The van der Waals surface area contributed by atoms with Gasteiger partial charge in [-0.15, -0.1) is 0 Å². The highest BCUT2D eigenvalue weighted by molar-refractivity contribution is 6.30. The maximum atomic E-state index is 12.7. The third-order valence-corrected chi connectivity index (χ3v) is 5.90. The molecule has 2 aliphatic heterocycles. The highest BCUT2D eigenvalue weighted by Crippen LogP contribution is 2.38. The smallest absolute Gasteiger partial charge is 0.321 e. The molecule has 1 N–H and O–H groups in total. The highest BCUT2D eigenvalue weighted by Gasteiger charge is 2.27. The average molecular weight is 447 g/mol. The Hall–Kier alpha value is -3.51. The molecule has 7 heteroatoms. The number of amidine groups is 1. The van der Waals surface area contributed by atoms with Crippen molar-refractivity contribution < 1.29 is 9.53 Å². The maximum Gasteiger partial charge on any atom is 0.321 e. The lowest BCUT2D eigenvalue weighted by molar-refractivity contribution is 0.181. The summed E-state index contributed by atoms with van der Waals surface area (Å²) >= 11 is 5.93. The van der Waals surface area contributed by atoms with Crippen molar-refractivity contribution in [2.45, 2.75) is 6.92 Å². The van der Waals surface area contributed by atoms with E-state index in [1.807, 2.05) is 41.3 Å². The number of para-hydroxylation sites is 2. The van der Waals surface area contributed by atoms with Crippen LogP contribution in [0.4, 0.5) is 16.2 Å². The Morgan fingerprint density at radius 3 is 2.50 bits per heavy atom. The number of amides is 2. The molecule has 0 unspecified atom stereocenters. The predicted molar refractivity (Wildman–Crippen MR) is 128 cm³/mol. The van der Waals surface area contributed by atoms with E-state index in [9.17, 15) is 4.79 Å².